The van der Waals surface area contributed by atoms with Gasteiger partial charge in [-0.25, -0.2) is 0 Å². The lowest BCUT2D eigenvalue weighted by Crippen LogP contribution is -1.97. The maximum absolute atomic E-state index is 12.5. The highest BCUT2D eigenvalue weighted by Crippen LogP contribution is 2.20. The highest BCUT2D eigenvalue weighted by molar-refractivity contribution is 7.84. The minimum absolute atomic E-state index is 0.0358. The van der Waals surface area contributed by atoms with Crippen LogP contribution in [0, 0.1) is 0 Å². The SMILES string of the molecule is O=S(Cc1ccc(CO)cc1)c1ccc2ccccc2c1. The topological polar surface area (TPSA) is 37.3 Å². The first-order chi connectivity index (χ1) is 10.3. The number of aliphatic hydroxyl groups is 1. The molecule has 0 aliphatic carbocycles. The van der Waals surface area contributed by atoms with Crippen LogP contribution >= 0.6 is 0 Å². The van der Waals surface area contributed by atoms with Crippen molar-refractivity contribution in [3.8, 4) is 0 Å². The minimum atomic E-state index is -1.06. The molecule has 0 aromatic heterocycles. The van der Waals surface area contributed by atoms with Crippen molar-refractivity contribution in [1.82, 2.24) is 0 Å². The average Bonchev–Trinajstić information content (AvgIpc) is 2.55. The first-order valence-electron chi connectivity index (χ1n) is 6.82. The maximum Gasteiger partial charge on any atom is 0.0681 e. The van der Waals surface area contributed by atoms with Crippen molar-refractivity contribution in [1.29, 1.82) is 0 Å². The van der Waals surface area contributed by atoms with Gasteiger partial charge < -0.3 is 5.11 Å². The Kier molecular flexibility index (Phi) is 4.13. The Morgan fingerprint density at radius 1 is 0.810 bits per heavy atom. The standard InChI is InChI=1S/C18H16O2S/c19-12-14-5-7-15(8-6-14)13-21(20)18-10-9-16-3-1-2-4-17(16)11-18/h1-11,19H,12-13H2. The molecule has 21 heavy (non-hydrogen) atoms. The smallest absolute Gasteiger partial charge is 0.0681 e. The van der Waals surface area contributed by atoms with Gasteiger partial charge in [-0.15, -0.1) is 0 Å². The molecule has 0 saturated carbocycles. The highest BCUT2D eigenvalue weighted by Gasteiger charge is 2.06. The molecule has 0 fully saturated rings. The molecule has 1 unspecified atom stereocenters. The quantitative estimate of drug-likeness (QED) is 0.798. The second-order valence-corrected chi connectivity index (χ2v) is 6.42. The van der Waals surface area contributed by atoms with Gasteiger partial charge in [0.25, 0.3) is 0 Å². The predicted octanol–water partition coefficient (Wildman–Crippen LogP) is 3.64. The van der Waals surface area contributed by atoms with E-state index in [1.54, 1.807) is 0 Å². The van der Waals surface area contributed by atoms with E-state index < -0.39 is 10.8 Å². The van der Waals surface area contributed by atoms with Crippen LogP contribution in [-0.4, -0.2) is 9.32 Å². The van der Waals surface area contributed by atoms with Gasteiger partial charge in [-0.05, 0) is 34.0 Å². The number of hydrogen-bond acceptors (Lipinski definition) is 2. The van der Waals surface area contributed by atoms with Gasteiger partial charge in [0.15, 0.2) is 0 Å². The maximum atomic E-state index is 12.5. The Morgan fingerprint density at radius 2 is 1.48 bits per heavy atom. The van der Waals surface area contributed by atoms with Crippen molar-refractivity contribution in [3.63, 3.8) is 0 Å². The van der Waals surface area contributed by atoms with Crippen molar-refractivity contribution in [2.24, 2.45) is 0 Å². The van der Waals surface area contributed by atoms with Crippen LogP contribution in [0.25, 0.3) is 10.8 Å². The highest BCUT2D eigenvalue weighted by atomic mass is 32.2. The molecule has 0 saturated heterocycles. The monoisotopic (exact) mass is 296 g/mol. The molecule has 3 aromatic carbocycles. The van der Waals surface area contributed by atoms with E-state index in [0.29, 0.717) is 5.75 Å². The van der Waals surface area contributed by atoms with E-state index in [9.17, 15) is 4.21 Å². The molecule has 3 heteroatoms. The Hall–Kier alpha value is -1.97. The largest absolute Gasteiger partial charge is 0.392 e. The molecular formula is C18H16O2S. The van der Waals surface area contributed by atoms with Crippen molar-refractivity contribution in [2.75, 3.05) is 0 Å². The van der Waals surface area contributed by atoms with E-state index in [1.165, 1.54) is 0 Å². The minimum Gasteiger partial charge on any atom is -0.392 e. The fourth-order valence-corrected chi connectivity index (χ4v) is 3.42. The summed E-state index contributed by atoms with van der Waals surface area (Å²) in [5, 5.41) is 11.3. The zero-order chi connectivity index (χ0) is 14.7. The second kappa shape index (κ2) is 6.20. The van der Waals surface area contributed by atoms with Crippen LogP contribution in [0.1, 0.15) is 11.1 Å². The molecular weight excluding hydrogens is 280 g/mol. The molecule has 1 N–H and O–H groups in total. The number of fused-ring (bicyclic) bond motifs is 1. The summed E-state index contributed by atoms with van der Waals surface area (Å²) in [6.07, 6.45) is 0. The van der Waals surface area contributed by atoms with Crippen molar-refractivity contribution < 1.29 is 9.32 Å². The first-order valence-corrected chi connectivity index (χ1v) is 8.14. The molecule has 0 radical (unpaired) electrons. The summed E-state index contributed by atoms with van der Waals surface area (Å²) in [6, 6.07) is 21.6. The second-order valence-electron chi connectivity index (χ2n) is 4.97. The van der Waals surface area contributed by atoms with Crippen molar-refractivity contribution >= 4 is 21.6 Å². The van der Waals surface area contributed by atoms with E-state index in [2.05, 4.69) is 6.07 Å². The van der Waals surface area contributed by atoms with Crippen LogP contribution in [0.5, 0.6) is 0 Å². The van der Waals surface area contributed by atoms with E-state index in [1.807, 2.05) is 60.7 Å². The van der Waals surface area contributed by atoms with Crippen LogP contribution in [0.2, 0.25) is 0 Å². The van der Waals surface area contributed by atoms with Gasteiger partial charge in [-0.3, -0.25) is 4.21 Å². The summed E-state index contributed by atoms with van der Waals surface area (Å²) < 4.78 is 12.5. The molecule has 2 nitrogen and oxygen atoms in total. The molecule has 1 atom stereocenters. The van der Waals surface area contributed by atoms with E-state index in [0.717, 1.165) is 26.8 Å². The zero-order valence-corrected chi connectivity index (χ0v) is 12.3. The summed E-state index contributed by atoms with van der Waals surface area (Å²) in [6.45, 7) is 0.0358. The van der Waals surface area contributed by atoms with Gasteiger partial charge >= 0.3 is 0 Å². The lowest BCUT2D eigenvalue weighted by molar-refractivity contribution is 0.282. The summed E-state index contributed by atoms with van der Waals surface area (Å²) in [5.74, 6) is 0.490. The van der Waals surface area contributed by atoms with Crippen LogP contribution in [0.3, 0.4) is 0 Å². The Morgan fingerprint density at radius 3 is 2.19 bits per heavy atom. The molecule has 3 rings (SSSR count). The van der Waals surface area contributed by atoms with Gasteiger partial charge in [0.2, 0.25) is 0 Å². The van der Waals surface area contributed by atoms with Gasteiger partial charge in [0.05, 0.1) is 23.2 Å². The van der Waals surface area contributed by atoms with Crippen molar-refractivity contribution in [2.45, 2.75) is 17.3 Å². The fraction of sp³-hybridized carbons (Fsp3) is 0.111. The molecule has 0 aliphatic rings. The van der Waals surface area contributed by atoms with Gasteiger partial charge in [0, 0.05) is 4.90 Å². The third-order valence-corrected chi connectivity index (χ3v) is 4.86. The van der Waals surface area contributed by atoms with Crippen LogP contribution in [-0.2, 0) is 23.2 Å². The third-order valence-electron chi connectivity index (χ3n) is 3.49. The van der Waals surface area contributed by atoms with Crippen LogP contribution in [0.15, 0.2) is 71.6 Å². The number of benzene rings is 3. The van der Waals surface area contributed by atoms with Crippen molar-refractivity contribution in [3.05, 3.63) is 77.9 Å². The molecule has 0 spiro atoms. The van der Waals surface area contributed by atoms with E-state index in [4.69, 9.17) is 5.11 Å². The predicted molar refractivity (Wildman–Crippen MR) is 86.4 cm³/mol. The number of rotatable bonds is 4. The third kappa shape index (κ3) is 3.20. The fourth-order valence-electron chi connectivity index (χ4n) is 2.28. The summed E-state index contributed by atoms with van der Waals surface area (Å²) in [4.78, 5) is 0.847. The average molecular weight is 296 g/mol. The molecule has 106 valence electrons. The van der Waals surface area contributed by atoms with Gasteiger partial charge in [0.1, 0.15) is 0 Å². The lowest BCUT2D eigenvalue weighted by atomic mass is 10.1. The molecule has 0 aliphatic heterocycles. The summed E-state index contributed by atoms with van der Waals surface area (Å²) in [7, 11) is -1.06. The summed E-state index contributed by atoms with van der Waals surface area (Å²) in [5.41, 5.74) is 1.88. The van der Waals surface area contributed by atoms with Gasteiger partial charge in [-0.1, -0.05) is 54.6 Å². The normalized spacial score (nSPS) is 12.4. The lowest BCUT2D eigenvalue weighted by Gasteiger charge is -2.05. The van der Waals surface area contributed by atoms with Gasteiger partial charge in [-0.2, -0.15) is 0 Å². The summed E-state index contributed by atoms with van der Waals surface area (Å²) >= 11 is 0. The molecule has 0 amide bonds. The Labute approximate surface area is 126 Å². The molecule has 3 aromatic rings. The van der Waals surface area contributed by atoms with Crippen LogP contribution < -0.4 is 0 Å². The Balaban J connectivity index is 1.82. The van der Waals surface area contributed by atoms with E-state index >= 15 is 0 Å². The Bertz CT molecular complexity index is 779. The number of hydrogen-bond donors (Lipinski definition) is 1. The number of aliphatic hydroxyl groups excluding tert-OH is 1. The molecule has 0 bridgehead atoms. The van der Waals surface area contributed by atoms with Crippen LogP contribution in [0.4, 0.5) is 0 Å². The van der Waals surface area contributed by atoms with E-state index in [-0.39, 0.29) is 6.61 Å². The zero-order valence-electron chi connectivity index (χ0n) is 11.5. The molecule has 0 heterocycles. The first kappa shape index (κ1) is 14.0.